The summed E-state index contributed by atoms with van der Waals surface area (Å²) < 4.78 is 5.55. The van der Waals surface area contributed by atoms with E-state index in [9.17, 15) is 9.59 Å². The molecule has 1 aromatic rings. The zero-order valence-corrected chi connectivity index (χ0v) is 19.4. The summed E-state index contributed by atoms with van der Waals surface area (Å²) in [6, 6.07) is 6.94. The topological polar surface area (TPSA) is 71.0 Å². The number of esters is 1. The maximum Gasteiger partial charge on any atom is 0.338 e. The summed E-state index contributed by atoms with van der Waals surface area (Å²) in [5, 5.41) is 6.23. The van der Waals surface area contributed by atoms with Gasteiger partial charge in [0.1, 0.15) is 0 Å². The third-order valence-corrected chi connectivity index (χ3v) is 6.62. The Bertz CT molecular complexity index is 998. The van der Waals surface area contributed by atoms with Gasteiger partial charge in [-0.25, -0.2) is 9.79 Å². The Kier molecular flexibility index (Phi) is 6.44. The van der Waals surface area contributed by atoms with Gasteiger partial charge in [0.05, 0.1) is 29.8 Å². The van der Waals surface area contributed by atoms with Crippen LogP contribution >= 0.6 is 23.4 Å². The minimum absolute atomic E-state index is 0.0320. The lowest BCUT2D eigenvalue weighted by atomic mass is 9.93. The molecule has 2 heterocycles. The Morgan fingerprint density at radius 2 is 2.06 bits per heavy atom. The number of ether oxygens (including phenoxy) is 1. The van der Waals surface area contributed by atoms with Gasteiger partial charge in [-0.05, 0) is 56.6 Å². The number of nitrogens with one attached hydrogen (secondary N) is 1. The third kappa shape index (κ3) is 4.83. The molecule has 2 aliphatic heterocycles. The van der Waals surface area contributed by atoms with E-state index in [1.54, 1.807) is 6.07 Å². The third-order valence-electron chi connectivity index (χ3n) is 5.39. The molecule has 1 N–H and O–H groups in total. The van der Waals surface area contributed by atoms with Crippen molar-refractivity contribution in [2.75, 3.05) is 6.54 Å². The second-order valence-corrected chi connectivity index (χ2v) is 9.54. The fourth-order valence-electron chi connectivity index (χ4n) is 3.71. The molecule has 8 heteroatoms. The van der Waals surface area contributed by atoms with Crippen LogP contribution in [-0.4, -0.2) is 34.6 Å². The molecule has 3 aliphatic rings. The van der Waals surface area contributed by atoms with Crippen molar-refractivity contribution in [3.05, 3.63) is 57.2 Å². The fourth-order valence-corrected chi connectivity index (χ4v) is 4.91. The molecule has 1 fully saturated rings. The molecular weight excluding hydrogens is 434 g/mol. The number of hydrogen-bond donors (Lipinski definition) is 1. The average Bonchev–Trinajstić information content (AvgIpc) is 3.46. The molecule has 1 saturated carbocycles. The van der Waals surface area contributed by atoms with E-state index >= 15 is 0 Å². The SMILES string of the molecule is CC1=C(C(=O)OC(C)C)[C@H](c2ccccc2Cl)N2C(CC(=O)NCC3CC3)=CSC2=N1. The maximum absolute atomic E-state index is 13.1. The monoisotopic (exact) mass is 459 g/mol. The summed E-state index contributed by atoms with van der Waals surface area (Å²) in [5.74, 6) is 0.159. The first-order valence-electron chi connectivity index (χ1n) is 10.5. The molecule has 0 unspecified atom stereocenters. The summed E-state index contributed by atoms with van der Waals surface area (Å²) in [6.45, 7) is 6.17. The van der Waals surface area contributed by atoms with E-state index < -0.39 is 12.0 Å². The Morgan fingerprint density at radius 1 is 1.32 bits per heavy atom. The number of aliphatic imine (C=N–C) groups is 1. The van der Waals surface area contributed by atoms with Crippen LogP contribution in [0.2, 0.25) is 5.02 Å². The maximum atomic E-state index is 13.1. The van der Waals surface area contributed by atoms with Crippen molar-refractivity contribution in [3.63, 3.8) is 0 Å². The van der Waals surface area contributed by atoms with Gasteiger partial charge in [0.2, 0.25) is 5.91 Å². The van der Waals surface area contributed by atoms with Gasteiger partial charge in [0.25, 0.3) is 0 Å². The average molecular weight is 460 g/mol. The van der Waals surface area contributed by atoms with Crippen LogP contribution in [0.5, 0.6) is 0 Å². The van der Waals surface area contributed by atoms with Crippen LogP contribution in [0.25, 0.3) is 0 Å². The highest BCUT2D eigenvalue weighted by atomic mass is 35.5. The molecule has 6 nitrogen and oxygen atoms in total. The predicted octanol–water partition coefficient (Wildman–Crippen LogP) is 4.78. The molecule has 1 atom stereocenters. The second kappa shape index (κ2) is 9.09. The number of allylic oxidation sites excluding steroid dienone is 1. The summed E-state index contributed by atoms with van der Waals surface area (Å²) >= 11 is 8.02. The lowest BCUT2D eigenvalue weighted by Crippen LogP contribution is -2.38. The quantitative estimate of drug-likeness (QED) is 0.594. The molecule has 4 rings (SSSR count). The van der Waals surface area contributed by atoms with Gasteiger partial charge in [-0.2, -0.15) is 0 Å². The zero-order chi connectivity index (χ0) is 22.1. The molecule has 1 aromatic carbocycles. The number of benzene rings is 1. The Hall–Kier alpha value is -2.25. The van der Waals surface area contributed by atoms with E-state index in [2.05, 4.69) is 10.3 Å². The standard InChI is InChI=1S/C23H26ClN3O3S/c1-13(2)30-22(29)20-14(3)26-23-27(21(20)17-6-4-5-7-18(17)24)16(12-31-23)10-19(28)25-11-15-8-9-15/h4-7,12-13,15,21H,8-11H2,1-3H3,(H,25,28)/t21-/m0/s1. The minimum atomic E-state index is -0.509. The molecule has 31 heavy (non-hydrogen) atoms. The summed E-state index contributed by atoms with van der Waals surface area (Å²) in [5.41, 5.74) is 2.61. The molecule has 164 valence electrons. The van der Waals surface area contributed by atoms with Crippen molar-refractivity contribution in [2.24, 2.45) is 10.9 Å². The number of halogens is 1. The Labute approximate surface area is 191 Å². The van der Waals surface area contributed by atoms with Gasteiger partial charge in [-0.1, -0.05) is 41.6 Å². The van der Waals surface area contributed by atoms with Gasteiger partial charge in [-0.15, -0.1) is 0 Å². The van der Waals surface area contributed by atoms with E-state index in [4.69, 9.17) is 16.3 Å². The van der Waals surface area contributed by atoms with Crippen LogP contribution in [0.15, 0.2) is 51.6 Å². The highest BCUT2D eigenvalue weighted by molar-refractivity contribution is 8.16. The molecule has 0 saturated heterocycles. The van der Waals surface area contributed by atoms with Gasteiger partial charge in [0, 0.05) is 17.3 Å². The highest BCUT2D eigenvalue weighted by Gasteiger charge is 2.42. The molecule has 0 bridgehead atoms. The van der Waals surface area contributed by atoms with Crippen molar-refractivity contribution in [1.29, 1.82) is 0 Å². The van der Waals surface area contributed by atoms with Crippen molar-refractivity contribution in [1.82, 2.24) is 10.2 Å². The van der Waals surface area contributed by atoms with Crippen molar-refractivity contribution in [3.8, 4) is 0 Å². The number of amidine groups is 1. The van der Waals surface area contributed by atoms with Crippen LogP contribution in [-0.2, 0) is 14.3 Å². The van der Waals surface area contributed by atoms with Crippen molar-refractivity contribution in [2.45, 2.75) is 52.2 Å². The lowest BCUT2D eigenvalue weighted by molar-refractivity contribution is -0.143. The molecular formula is C23H26ClN3O3S. The van der Waals surface area contributed by atoms with Gasteiger partial charge in [0.15, 0.2) is 5.17 Å². The molecule has 1 amide bonds. The molecule has 0 radical (unpaired) electrons. The molecule has 0 spiro atoms. The normalized spacial score (nSPS) is 20.4. The van der Waals surface area contributed by atoms with E-state index in [1.165, 1.54) is 24.6 Å². The summed E-state index contributed by atoms with van der Waals surface area (Å²) in [4.78, 5) is 32.3. The zero-order valence-electron chi connectivity index (χ0n) is 17.9. The van der Waals surface area contributed by atoms with E-state index in [-0.39, 0.29) is 18.4 Å². The van der Waals surface area contributed by atoms with Crippen molar-refractivity contribution >= 4 is 40.4 Å². The summed E-state index contributed by atoms with van der Waals surface area (Å²) in [6.07, 6.45) is 2.32. The van der Waals surface area contributed by atoms with Crippen molar-refractivity contribution < 1.29 is 14.3 Å². The fraction of sp³-hybridized carbons (Fsp3) is 0.435. The first-order valence-corrected chi connectivity index (χ1v) is 11.8. The number of hydrogen-bond acceptors (Lipinski definition) is 6. The van der Waals surface area contributed by atoms with Gasteiger partial charge >= 0.3 is 5.97 Å². The van der Waals surface area contributed by atoms with Gasteiger partial charge < -0.3 is 15.0 Å². The second-order valence-electron chi connectivity index (χ2n) is 8.29. The van der Waals surface area contributed by atoms with Gasteiger partial charge in [-0.3, -0.25) is 4.79 Å². The lowest BCUT2D eigenvalue weighted by Gasteiger charge is -2.36. The van der Waals surface area contributed by atoms with Crippen LogP contribution in [0.4, 0.5) is 0 Å². The van der Waals surface area contributed by atoms with E-state index in [1.807, 2.05) is 49.3 Å². The minimum Gasteiger partial charge on any atom is -0.459 e. The van der Waals surface area contributed by atoms with Crippen LogP contribution < -0.4 is 5.32 Å². The Balaban J connectivity index is 1.68. The van der Waals surface area contributed by atoms with Crippen LogP contribution in [0.3, 0.4) is 0 Å². The number of carbonyl (C=O) groups excluding carboxylic acids is 2. The van der Waals surface area contributed by atoms with E-state index in [0.29, 0.717) is 22.2 Å². The largest absolute Gasteiger partial charge is 0.459 e. The Morgan fingerprint density at radius 3 is 2.74 bits per heavy atom. The number of fused-ring (bicyclic) bond motifs is 1. The van der Waals surface area contributed by atoms with E-state index in [0.717, 1.165) is 23.0 Å². The number of thioether (sulfide) groups is 1. The molecule has 1 aliphatic carbocycles. The summed E-state index contributed by atoms with van der Waals surface area (Å²) in [7, 11) is 0. The smallest absolute Gasteiger partial charge is 0.338 e. The first kappa shape index (κ1) is 22.0. The predicted molar refractivity (Wildman–Crippen MR) is 123 cm³/mol. The highest BCUT2D eigenvalue weighted by Crippen LogP contribution is 2.46. The first-order chi connectivity index (χ1) is 14.8. The van der Waals surface area contributed by atoms with Crippen LogP contribution in [0.1, 0.15) is 51.6 Å². The molecule has 0 aromatic heterocycles. The number of rotatable bonds is 7. The van der Waals surface area contributed by atoms with Crippen LogP contribution in [0, 0.1) is 5.92 Å². The number of amides is 1. The number of nitrogens with zero attached hydrogens (tertiary/aromatic N) is 2. The number of carbonyl (C=O) groups is 2.